The third-order valence-electron chi connectivity index (χ3n) is 8.48. The standard InChI is InChI=1S/C40H42N4O4S.ClH/c1-29-4-11-36(12-5-29)46-21-16-32-6-8-33(9-7-32)25-43-17-19-44(20-18-43)39(45)15-10-34-22-30(2)40(31(3)23-34)48-38-14-13-37(24-41-38)47-26-35-27-49-28-42-35;/h4-15,22-24,27-28H,16-21,25-26H2,1-3H3;1H. The van der Waals surface area contributed by atoms with E-state index in [4.69, 9.17) is 14.2 Å². The van der Waals surface area contributed by atoms with E-state index in [-0.39, 0.29) is 18.3 Å². The van der Waals surface area contributed by atoms with Crippen molar-refractivity contribution in [1.82, 2.24) is 19.8 Å². The summed E-state index contributed by atoms with van der Waals surface area (Å²) >= 11 is 1.54. The van der Waals surface area contributed by atoms with E-state index < -0.39 is 0 Å². The number of pyridine rings is 1. The number of amides is 1. The summed E-state index contributed by atoms with van der Waals surface area (Å²) < 4.78 is 17.8. The van der Waals surface area contributed by atoms with Gasteiger partial charge in [0.05, 0.1) is 24.0 Å². The van der Waals surface area contributed by atoms with Gasteiger partial charge in [-0.15, -0.1) is 23.7 Å². The maximum Gasteiger partial charge on any atom is 0.246 e. The van der Waals surface area contributed by atoms with Crippen molar-refractivity contribution in [3.05, 3.63) is 135 Å². The summed E-state index contributed by atoms with van der Waals surface area (Å²) in [5.41, 5.74) is 9.35. The Balaban J connectivity index is 0.00000486. The molecule has 0 aliphatic carbocycles. The molecule has 10 heteroatoms. The lowest BCUT2D eigenvalue weighted by Gasteiger charge is -2.34. The fraction of sp³-hybridized carbons (Fsp3) is 0.275. The number of carbonyl (C=O) groups excluding carboxylic acids is 1. The van der Waals surface area contributed by atoms with Gasteiger partial charge in [0, 0.05) is 56.7 Å². The second-order valence-electron chi connectivity index (χ2n) is 12.3. The first-order chi connectivity index (χ1) is 23.9. The summed E-state index contributed by atoms with van der Waals surface area (Å²) in [6.07, 6.45) is 6.09. The zero-order valence-corrected chi connectivity index (χ0v) is 30.3. The van der Waals surface area contributed by atoms with Gasteiger partial charge in [0.25, 0.3) is 0 Å². The van der Waals surface area contributed by atoms with Crippen LogP contribution in [0.15, 0.2) is 96.0 Å². The van der Waals surface area contributed by atoms with Crippen molar-refractivity contribution >= 4 is 35.7 Å². The molecular weight excluding hydrogens is 668 g/mol. The van der Waals surface area contributed by atoms with Crippen LogP contribution in [0.5, 0.6) is 23.1 Å². The Labute approximate surface area is 304 Å². The molecule has 6 rings (SSSR count). The molecule has 0 spiro atoms. The summed E-state index contributed by atoms with van der Waals surface area (Å²) in [4.78, 5) is 26.0. The van der Waals surface area contributed by atoms with Crippen molar-refractivity contribution < 1.29 is 19.0 Å². The molecule has 0 radical (unpaired) electrons. The molecule has 0 bridgehead atoms. The first kappa shape index (κ1) is 36.6. The number of piperazine rings is 1. The van der Waals surface area contributed by atoms with E-state index in [0.29, 0.717) is 37.9 Å². The Bertz CT molecular complexity index is 1820. The second kappa shape index (κ2) is 17.8. The lowest BCUT2D eigenvalue weighted by Crippen LogP contribution is -2.47. The second-order valence-corrected chi connectivity index (χ2v) is 13.1. The number of aryl methyl sites for hydroxylation is 3. The normalized spacial score (nSPS) is 13.2. The van der Waals surface area contributed by atoms with Gasteiger partial charge in [0.15, 0.2) is 0 Å². The molecule has 1 aliphatic heterocycles. The highest BCUT2D eigenvalue weighted by atomic mass is 35.5. The van der Waals surface area contributed by atoms with Gasteiger partial charge in [0.1, 0.15) is 23.9 Å². The number of rotatable bonds is 13. The van der Waals surface area contributed by atoms with Crippen LogP contribution in [0.1, 0.15) is 39.1 Å². The molecule has 0 atom stereocenters. The minimum Gasteiger partial charge on any atom is -0.493 e. The minimum atomic E-state index is 0. The zero-order valence-electron chi connectivity index (χ0n) is 28.7. The van der Waals surface area contributed by atoms with Gasteiger partial charge < -0.3 is 19.1 Å². The van der Waals surface area contributed by atoms with Crippen molar-refractivity contribution in [3.8, 4) is 23.1 Å². The Morgan fingerprint density at radius 2 is 1.54 bits per heavy atom. The van der Waals surface area contributed by atoms with Crippen LogP contribution in [-0.4, -0.2) is 58.5 Å². The smallest absolute Gasteiger partial charge is 0.246 e. The van der Waals surface area contributed by atoms with E-state index in [2.05, 4.69) is 58.2 Å². The number of nitrogens with zero attached hydrogens (tertiary/aromatic N) is 4. The first-order valence-corrected chi connectivity index (χ1v) is 17.5. The number of halogens is 1. The van der Waals surface area contributed by atoms with Gasteiger partial charge >= 0.3 is 0 Å². The Hall–Kier alpha value is -4.70. The molecule has 3 heterocycles. The van der Waals surface area contributed by atoms with Crippen LogP contribution in [0.25, 0.3) is 6.08 Å². The number of aromatic nitrogens is 2. The highest BCUT2D eigenvalue weighted by Gasteiger charge is 2.20. The number of hydrogen-bond donors (Lipinski definition) is 0. The number of thiazole rings is 1. The topological polar surface area (TPSA) is 77.0 Å². The lowest BCUT2D eigenvalue weighted by molar-refractivity contribution is -0.127. The molecule has 260 valence electrons. The summed E-state index contributed by atoms with van der Waals surface area (Å²) in [6.45, 7) is 11.1. The molecule has 0 N–H and O–H groups in total. The van der Waals surface area contributed by atoms with Gasteiger partial charge in [-0.05, 0) is 85.0 Å². The van der Waals surface area contributed by atoms with Crippen molar-refractivity contribution in [1.29, 1.82) is 0 Å². The Kier molecular flexibility index (Phi) is 13.0. The van der Waals surface area contributed by atoms with Crippen molar-refractivity contribution in [2.75, 3.05) is 32.8 Å². The molecule has 5 aromatic rings. The average molecular weight is 711 g/mol. The third-order valence-corrected chi connectivity index (χ3v) is 9.12. The van der Waals surface area contributed by atoms with Gasteiger partial charge in [-0.2, -0.15) is 0 Å². The van der Waals surface area contributed by atoms with E-state index in [1.165, 1.54) is 16.7 Å². The van der Waals surface area contributed by atoms with Gasteiger partial charge in [-0.3, -0.25) is 9.69 Å². The van der Waals surface area contributed by atoms with Gasteiger partial charge in [-0.1, -0.05) is 42.0 Å². The molecule has 8 nitrogen and oxygen atoms in total. The molecule has 2 aromatic heterocycles. The Morgan fingerprint density at radius 3 is 2.20 bits per heavy atom. The first-order valence-electron chi connectivity index (χ1n) is 16.6. The van der Waals surface area contributed by atoms with Crippen LogP contribution in [0.2, 0.25) is 0 Å². The molecule has 0 unspecified atom stereocenters. The van der Waals surface area contributed by atoms with Crippen molar-refractivity contribution in [3.63, 3.8) is 0 Å². The fourth-order valence-electron chi connectivity index (χ4n) is 5.71. The molecule has 0 saturated carbocycles. The third kappa shape index (κ3) is 10.4. The van der Waals surface area contributed by atoms with Crippen LogP contribution in [0, 0.1) is 20.8 Å². The molecular formula is C40H43ClN4O4S. The van der Waals surface area contributed by atoms with E-state index >= 15 is 0 Å². The number of carbonyl (C=O) groups is 1. The molecule has 1 amide bonds. The highest BCUT2D eigenvalue weighted by molar-refractivity contribution is 7.07. The summed E-state index contributed by atoms with van der Waals surface area (Å²) in [5, 5.41) is 1.96. The quantitative estimate of drug-likeness (QED) is 0.114. The van der Waals surface area contributed by atoms with Crippen molar-refractivity contribution in [2.45, 2.75) is 40.3 Å². The van der Waals surface area contributed by atoms with Crippen molar-refractivity contribution in [2.24, 2.45) is 0 Å². The number of benzene rings is 3. The van der Waals surface area contributed by atoms with Crippen LogP contribution in [0.4, 0.5) is 0 Å². The van der Waals surface area contributed by atoms with Crippen LogP contribution >= 0.6 is 23.7 Å². The predicted octanol–water partition coefficient (Wildman–Crippen LogP) is 8.24. The lowest BCUT2D eigenvalue weighted by atomic mass is 10.1. The van der Waals surface area contributed by atoms with E-state index in [1.54, 1.807) is 35.2 Å². The van der Waals surface area contributed by atoms with E-state index in [1.807, 2.05) is 60.5 Å². The largest absolute Gasteiger partial charge is 0.493 e. The predicted molar refractivity (Wildman–Crippen MR) is 202 cm³/mol. The summed E-state index contributed by atoms with van der Waals surface area (Å²) in [6, 6.07) is 24.6. The zero-order chi connectivity index (χ0) is 34.0. The molecule has 50 heavy (non-hydrogen) atoms. The maximum absolute atomic E-state index is 13.0. The van der Waals surface area contributed by atoms with Crippen LogP contribution in [-0.2, 0) is 24.4 Å². The molecule has 3 aromatic carbocycles. The molecule has 1 saturated heterocycles. The molecule has 1 fully saturated rings. The molecule has 1 aliphatic rings. The highest BCUT2D eigenvalue weighted by Crippen LogP contribution is 2.30. The fourth-order valence-corrected chi connectivity index (χ4v) is 6.26. The van der Waals surface area contributed by atoms with Gasteiger partial charge in [-0.25, -0.2) is 9.97 Å². The van der Waals surface area contributed by atoms with Crippen LogP contribution < -0.4 is 14.2 Å². The summed E-state index contributed by atoms with van der Waals surface area (Å²) in [5.74, 6) is 2.84. The maximum atomic E-state index is 13.0. The Morgan fingerprint density at radius 1 is 0.840 bits per heavy atom. The van der Waals surface area contributed by atoms with E-state index in [9.17, 15) is 4.79 Å². The van der Waals surface area contributed by atoms with Crippen LogP contribution in [0.3, 0.4) is 0 Å². The average Bonchev–Trinajstić information content (AvgIpc) is 3.64. The minimum absolute atomic E-state index is 0. The van der Waals surface area contributed by atoms with E-state index in [0.717, 1.165) is 59.9 Å². The SMILES string of the molecule is Cc1ccc(OCCc2ccc(CN3CCN(C(=O)C=Cc4cc(C)c(Oc5ccc(OCc6cscn6)cn5)c(C)c4)CC3)cc2)cc1.Cl. The van der Waals surface area contributed by atoms with Gasteiger partial charge in [0.2, 0.25) is 11.8 Å². The number of hydrogen-bond acceptors (Lipinski definition) is 8. The monoisotopic (exact) mass is 710 g/mol. The number of ether oxygens (including phenoxy) is 3. The summed E-state index contributed by atoms with van der Waals surface area (Å²) in [7, 11) is 0.